The predicted molar refractivity (Wildman–Crippen MR) is 86.0 cm³/mol. The summed E-state index contributed by atoms with van der Waals surface area (Å²) in [6.07, 6.45) is 3.92. The molecular formula is C18H19BrO. The number of rotatable bonds is 3. The minimum atomic E-state index is -0.439. The molecule has 1 atom stereocenters. The predicted octanol–water partition coefficient (Wildman–Crippen LogP) is 4.52. The molecule has 0 heterocycles. The maximum atomic E-state index is 10.4. The standard InChI is InChI=1S/C18H19BrO/c1-12-5-7-16(11-17(12)19)18(20)10-13-6-8-14-3-2-4-15(14)9-13/h5-9,11,18,20H,2-4,10H2,1H3. The summed E-state index contributed by atoms with van der Waals surface area (Å²) in [4.78, 5) is 0. The van der Waals surface area contributed by atoms with Crippen LogP contribution in [0.3, 0.4) is 0 Å². The number of hydrogen-bond donors (Lipinski definition) is 1. The Balaban J connectivity index is 1.78. The second-order valence-electron chi connectivity index (χ2n) is 5.69. The Morgan fingerprint density at radius 3 is 2.70 bits per heavy atom. The van der Waals surface area contributed by atoms with Gasteiger partial charge in [-0.05, 0) is 60.1 Å². The fraction of sp³-hybridized carbons (Fsp3) is 0.333. The van der Waals surface area contributed by atoms with Gasteiger partial charge in [-0.25, -0.2) is 0 Å². The number of fused-ring (bicyclic) bond motifs is 1. The second-order valence-corrected chi connectivity index (χ2v) is 6.54. The quantitative estimate of drug-likeness (QED) is 0.877. The van der Waals surface area contributed by atoms with Gasteiger partial charge in [0.1, 0.15) is 0 Å². The van der Waals surface area contributed by atoms with E-state index in [1.54, 1.807) is 0 Å². The Morgan fingerprint density at radius 2 is 1.90 bits per heavy atom. The van der Waals surface area contributed by atoms with Crippen LogP contribution in [0.15, 0.2) is 40.9 Å². The molecule has 1 unspecified atom stereocenters. The largest absolute Gasteiger partial charge is 0.388 e. The smallest absolute Gasteiger partial charge is 0.0830 e. The third-order valence-electron chi connectivity index (χ3n) is 4.17. The zero-order chi connectivity index (χ0) is 14.1. The van der Waals surface area contributed by atoms with E-state index in [1.165, 1.54) is 41.5 Å². The first-order valence-corrected chi connectivity index (χ1v) is 7.97. The lowest BCUT2D eigenvalue weighted by Gasteiger charge is -2.13. The van der Waals surface area contributed by atoms with Crippen LogP contribution in [0.2, 0.25) is 0 Å². The molecule has 0 bridgehead atoms. The average Bonchev–Trinajstić information content (AvgIpc) is 2.89. The lowest BCUT2D eigenvalue weighted by Crippen LogP contribution is -2.02. The fourth-order valence-corrected chi connectivity index (χ4v) is 3.31. The summed E-state index contributed by atoms with van der Waals surface area (Å²) in [5, 5.41) is 10.4. The lowest BCUT2D eigenvalue weighted by atomic mass is 9.98. The molecular weight excluding hydrogens is 312 g/mol. The Bertz CT molecular complexity index is 633. The molecule has 0 saturated carbocycles. The van der Waals surface area contributed by atoms with Gasteiger partial charge in [0.25, 0.3) is 0 Å². The molecule has 0 amide bonds. The maximum Gasteiger partial charge on any atom is 0.0830 e. The molecule has 0 saturated heterocycles. The molecule has 104 valence electrons. The van der Waals surface area contributed by atoms with Gasteiger partial charge < -0.3 is 5.11 Å². The minimum Gasteiger partial charge on any atom is -0.388 e. The van der Waals surface area contributed by atoms with Gasteiger partial charge in [-0.2, -0.15) is 0 Å². The van der Waals surface area contributed by atoms with Crippen LogP contribution < -0.4 is 0 Å². The molecule has 0 fully saturated rings. The van der Waals surface area contributed by atoms with Crippen LogP contribution in [-0.2, 0) is 19.3 Å². The third-order valence-corrected chi connectivity index (χ3v) is 5.03. The van der Waals surface area contributed by atoms with Gasteiger partial charge in [-0.15, -0.1) is 0 Å². The molecule has 1 N–H and O–H groups in total. The van der Waals surface area contributed by atoms with E-state index in [4.69, 9.17) is 0 Å². The molecule has 0 aliphatic heterocycles. The monoisotopic (exact) mass is 330 g/mol. The Morgan fingerprint density at radius 1 is 1.10 bits per heavy atom. The highest BCUT2D eigenvalue weighted by molar-refractivity contribution is 9.10. The lowest BCUT2D eigenvalue weighted by molar-refractivity contribution is 0.178. The van der Waals surface area contributed by atoms with Crippen molar-refractivity contribution in [2.24, 2.45) is 0 Å². The van der Waals surface area contributed by atoms with E-state index in [9.17, 15) is 5.11 Å². The second kappa shape index (κ2) is 5.71. The molecule has 20 heavy (non-hydrogen) atoms. The van der Waals surface area contributed by atoms with Crippen LogP contribution in [0, 0.1) is 6.92 Å². The summed E-state index contributed by atoms with van der Waals surface area (Å²) in [6, 6.07) is 12.7. The highest BCUT2D eigenvalue weighted by atomic mass is 79.9. The van der Waals surface area contributed by atoms with Crippen molar-refractivity contribution in [3.63, 3.8) is 0 Å². The number of aliphatic hydroxyl groups excluding tert-OH is 1. The SMILES string of the molecule is Cc1ccc(C(O)Cc2ccc3c(c2)CCC3)cc1Br. The van der Waals surface area contributed by atoms with Gasteiger partial charge in [0, 0.05) is 10.9 Å². The summed E-state index contributed by atoms with van der Waals surface area (Å²) in [5.74, 6) is 0. The highest BCUT2D eigenvalue weighted by Crippen LogP contribution is 2.27. The van der Waals surface area contributed by atoms with Crippen molar-refractivity contribution in [1.29, 1.82) is 0 Å². The van der Waals surface area contributed by atoms with Crippen molar-refractivity contribution in [1.82, 2.24) is 0 Å². The average molecular weight is 331 g/mol. The first kappa shape index (κ1) is 13.8. The topological polar surface area (TPSA) is 20.2 Å². The first-order chi connectivity index (χ1) is 9.63. The zero-order valence-corrected chi connectivity index (χ0v) is 13.3. The van der Waals surface area contributed by atoms with E-state index in [0.717, 1.165) is 10.0 Å². The molecule has 1 aliphatic rings. The van der Waals surface area contributed by atoms with Gasteiger partial charge in [0.05, 0.1) is 6.10 Å². The number of benzene rings is 2. The number of aliphatic hydroxyl groups is 1. The zero-order valence-electron chi connectivity index (χ0n) is 11.7. The minimum absolute atomic E-state index is 0.439. The van der Waals surface area contributed by atoms with Gasteiger partial charge in [-0.3, -0.25) is 0 Å². The molecule has 1 nitrogen and oxygen atoms in total. The molecule has 0 aromatic heterocycles. The third kappa shape index (κ3) is 2.82. The van der Waals surface area contributed by atoms with Crippen molar-refractivity contribution in [2.75, 3.05) is 0 Å². The summed E-state index contributed by atoms with van der Waals surface area (Å²) < 4.78 is 1.06. The fourth-order valence-electron chi connectivity index (χ4n) is 2.91. The summed E-state index contributed by atoms with van der Waals surface area (Å²) in [5.41, 5.74) is 6.36. The van der Waals surface area contributed by atoms with E-state index in [2.05, 4.69) is 41.1 Å². The van der Waals surface area contributed by atoms with E-state index in [1.807, 2.05) is 18.2 Å². The van der Waals surface area contributed by atoms with Gasteiger partial charge >= 0.3 is 0 Å². The Kier molecular flexibility index (Phi) is 3.95. The summed E-state index contributed by atoms with van der Waals surface area (Å²) in [7, 11) is 0. The first-order valence-electron chi connectivity index (χ1n) is 7.18. The molecule has 2 heteroatoms. The van der Waals surface area contributed by atoms with Gasteiger partial charge in [0.15, 0.2) is 0 Å². The van der Waals surface area contributed by atoms with Crippen molar-refractivity contribution in [2.45, 2.75) is 38.7 Å². The van der Waals surface area contributed by atoms with Crippen LogP contribution >= 0.6 is 15.9 Å². The summed E-state index contributed by atoms with van der Waals surface area (Å²) in [6.45, 7) is 2.06. The van der Waals surface area contributed by atoms with Crippen LogP contribution in [0.5, 0.6) is 0 Å². The molecule has 3 rings (SSSR count). The molecule has 1 aliphatic carbocycles. The molecule has 2 aromatic rings. The van der Waals surface area contributed by atoms with Crippen LogP contribution in [0.1, 0.15) is 40.3 Å². The van der Waals surface area contributed by atoms with Crippen molar-refractivity contribution in [3.8, 4) is 0 Å². The van der Waals surface area contributed by atoms with Gasteiger partial charge in [-0.1, -0.05) is 46.3 Å². The van der Waals surface area contributed by atoms with Gasteiger partial charge in [0.2, 0.25) is 0 Å². The number of aryl methyl sites for hydroxylation is 3. The van der Waals surface area contributed by atoms with E-state index in [-0.39, 0.29) is 0 Å². The van der Waals surface area contributed by atoms with E-state index >= 15 is 0 Å². The Hall–Kier alpha value is -1.12. The van der Waals surface area contributed by atoms with Crippen LogP contribution in [-0.4, -0.2) is 5.11 Å². The summed E-state index contributed by atoms with van der Waals surface area (Å²) >= 11 is 3.53. The maximum absolute atomic E-state index is 10.4. The van der Waals surface area contributed by atoms with Crippen molar-refractivity contribution in [3.05, 3.63) is 68.7 Å². The Labute approximate surface area is 128 Å². The van der Waals surface area contributed by atoms with E-state index in [0.29, 0.717) is 6.42 Å². The molecule has 0 radical (unpaired) electrons. The van der Waals surface area contributed by atoms with Crippen molar-refractivity contribution >= 4 is 15.9 Å². The highest BCUT2D eigenvalue weighted by Gasteiger charge is 2.14. The number of halogens is 1. The normalized spacial score (nSPS) is 15.2. The van der Waals surface area contributed by atoms with Crippen LogP contribution in [0.25, 0.3) is 0 Å². The number of hydrogen-bond acceptors (Lipinski definition) is 1. The van der Waals surface area contributed by atoms with Crippen LogP contribution in [0.4, 0.5) is 0 Å². The van der Waals surface area contributed by atoms with Crippen molar-refractivity contribution < 1.29 is 5.11 Å². The molecule has 0 spiro atoms. The molecule has 2 aromatic carbocycles. The van der Waals surface area contributed by atoms with E-state index < -0.39 is 6.10 Å².